The predicted octanol–water partition coefficient (Wildman–Crippen LogP) is 5.34. The fourth-order valence-corrected chi connectivity index (χ4v) is 7.21. The normalized spacial score (nSPS) is 12.4. The molecular weight excluding hydrogens is 501 g/mol. The molecule has 0 aliphatic heterocycles. The molecule has 0 spiro atoms. The number of carbonyl (C=O) groups excluding carboxylic acids is 1. The van der Waals surface area contributed by atoms with Gasteiger partial charge in [0.2, 0.25) is 0 Å². The first kappa shape index (κ1) is 27.0. The van der Waals surface area contributed by atoms with Crippen LogP contribution in [0.5, 0.6) is 0 Å². The topological polar surface area (TPSA) is 88.6 Å². The van der Waals surface area contributed by atoms with Gasteiger partial charge in [0.05, 0.1) is 9.79 Å². The van der Waals surface area contributed by atoms with Crippen LogP contribution in [0.1, 0.15) is 31.9 Å². The van der Waals surface area contributed by atoms with Crippen LogP contribution in [-0.2, 0) is 31.3 Å². The monoisotopic (exact) mass is 527 g/mol. The first-order valence-electron chi connectivity index (χ1n) is 11.1. The van der Waals surface area contributed by atoms with E-state index in [2.05, 4.69) is 0 Å². The lowest BCUT2D eigenvalue weighted by atomic mass is 10.00. The Morgan fingerprint density at radius 3 is 1.81 bits per heavy atom. The van der Waals surface area contributed by atoms with Crippen LogP contribution in [0, 0.1) is 5.82 Å². The zero-order valence-electron chi connectivity index (χ0n) is 20.1. The van der Waals surface area contributed by atoms with E-state index in [9.17, 15) is 26.0 Å². The molecule has 0 N–H and O–H groups in total. The number of halogens is 1. The van der Waals surface area contributed by atoms with Crippen LogP contribution in [0.3, 0.4) is 0 Å². The summed E-state index contributed by atoms with van der Waals surface area (Å²) in [6.45, 7) is 5.46. The number of allylic oxidation sites excluding steroid dienone is 4. The van der Waals surface area contributed by atoms with E-state index in [0.717, 1.165) is 36.2 Å². The summed E-state index contributed by atoms with van der Waals surface area (Å²) in [5.41, 5.74) is 1.69. The van der Waals surface area contributed by atoms with Crippen molar-refractivity contribution < 1.29 is 26.0 Å². The number of rotatable bonds is 9. The van der Waals surface area contributed by atoms with E-state index in [0.29, 0.717) is 11.1 Å². The number of hydrogen-bond donors (Lipinski definition) is 0. The standard InChI is InChI=1S/C27H26FNO5S2/c1-4-21-10-12-22(13-11-21)26(18-20(2)3)27(19-30)29(35(31,32)24-8-6-5-7-9-24)36(33,34)25-16-14-23(28)15-17-25/h5-19H,4H2,1-3H3/b27-26+. The van der Waals surface area contributed by atoms with Crippen molar-refractivity contribution in [3.63, 3.8) is 0 Å². The van der Waals surface area contributed by atoms with E-state index >= 15 is 0 Å². The summed E-state index contributed by atoms with van der Waals surface area (Å²) in [6, 6.07) is 17.7. The van der Waals surface area contributed by atoms with Gasteiger partial charge in [-0.25, -0.2) is 21.2 Å². The van der Waals surface area contributed by atoms with Gasteiger partial charge in [-0.3, -0.25) is 4.79 Å². The zero-order valence-corrected chi connectivity index (χ0v) is 21.7. The first-order chi connectivity index (χ1) is 17.0. The van der Waals surface area contributed by atoms with Crippen LogP contribution in [0.2, 0.25) is 0 Å². The minimum absolute atomic E-state index is 0.109. The molecule has 0 saturated carbocycles. The number of carbonyl (C=O) groups is 1. The van der Waals surface area contributed by atoms with Gasteiger partial charge < -0.3 is 0 Å². The molecule has 3 aromatic carbocycles. The molecule has 0 amide bonds. The Balaban J connectivity index is 2.44. The third-order valence-electron chi connectivity index (χ3n) is 5.28. The molecule has 188 valence electrons. The van der Waals surface area contributed by atoms with E-state index in [1.807, 2.05) is 19.1 Å². The molecule has 0 heterocycles. The summed E-state index contributed by atoms with van der Waals surface area (Å²) in [6.07, 6.45) is 2.53. The molecule has 3 aromatic rings. The van der Waals surface area contributed by atoms with E-state index in [-0.39, 0.29) is 20.5 Å². The second-order valence-electron chi connectivity index (χ2n) is 8.16. The average molecular weight is 528 g/mol. The Morgan fingerprint density at radius 2 is 1.33 bits per heavy atom. The third-order valence-corrected chi connectivity index (χ3v) is 9.46. The van der Waals surface area contributed by atoms with Gasteiger partial charge in [-0.1, -0.05) is 61.0 Å². The molecule has 0 saturated heterocycles. The molecule has 0 radical (unpaired) electrons. The molecule has 6 nitrogen and oxygen atoms in total. The van der Waals surface area contributed by atoms with Crippen LogP contribution in [0.25, 0.3) is 5.57 Å². The van der Waals surface area contributed by atoms with Crippen LogP contribution in [0.4, 0.5) is 4.39 Å². The van der Waals surface area contributed by atoms with Gasteiger partial charge in [0, 0.05) is 5.57 Å². The lowest BCUT2D eigenvalue weighted by Crippen LogP contribution is -2.37. The second kappa shape index (κ2) is 11.0. The summed E-state index contributed by atoms with van der Waals surface area (Å²) < 4.78 is 68.9. The molecule has 0 fully saturated rings. The van der Waals surface area contributed by atoms with Gasteiger partial charge in [0.25, 0.3) is 20.0 Å². The fraction of sp³-hybridized carbons (Fsp3) is 0.148. The van der Waals surface area contributed by atoms with Crippen molar-refractivity contribution in [1.29, 1.82) is 0 Å². The Morgan fingerprint density at radius 1 is 0.806 bits per heavy atom. The highest BCUT2D eigenvalue weighted by atomic mass is 32.3. The molecule has 36 heavy (non-hydrogen) atoms. The van der Waals surface area contributed by atoms with Crippen LogP contribution in [-0.4, -0.2) is 26.8 Å². The fourth-order valence-electron chi connectivity index (χ4n) is 3.50. The SMILES string of the molecule is CCc1ccc(/C(C=C(C)C)=C(\C=O)N(S(=O)(=O)c2ccccc2)S(=O)(=O)c2ccc(F)cc2)cc1. The van der Waals surface area contributed by atoms with Crippen molar-refractivity contribution in [2.45, 2.75) is 37.0 Å². The van der Waals surface area contributed by atoms with Crippen molar-refractivity contribution in [2.24, 2.45) is 0 Å². The summed E-state index contributed by atoms with van der Waals surface area (Å²) in [5, 5.41) is 0. The van der Waals surface area contributed by atoms with Gasteiger partial charge in [-0.15, -0.1) is 0 Å². The lowest BCUT2D eigenvalue weighted by Gasteiger charge is -2.26. The van der Waals surface area contributed by atoms with Crippen LogP contribution >= 0.6 is 0 Å². The van der Waals surface area contributed by atoms with E-state index in [1.165, 1.54) is 24.3 Å². The Labute approximate surface area is 211 Å². The number of sulfonamides is 2. The summed E-state index contributed by atoms with van der Waals surface area (Å²) in [7, 11) is -9.67. The van der Waals surface area contributed by atoms with Crippen LogP contribution in [0.15, 0.2) is 106 Å². The highest BCUT2D eigenvalue weighted by Crippen LogP contribution is 2.33. The molecule has 0 aliphatic carbocycles. The maximum absolute atomic E-state index is 13.8. The summed E-state index contributed by atoms with van der Waals surface area (Å²) >= 11 is 0. The van der Waals surface area contributed by atoms with Gasteiger partial charge in [0.1, 0.15) is 11.5 Å². The number of nitrogens with zero attached hydrogens (tertiary/aromatic N) is 1. The molecule has 0 aromatic heterocycles. The minimum atomic E-state index is -4.88. The Kier molecular flexibility index (Phi) is 8.27. The quantitative estimate of drug-likeness (QED) is 0.213. The zero-order chi connectivity index (χ0) is 26.5. The second-order valence-corrected chi connectivity index (χ2v) is 12.0. The highest BCUT2D eigenvalue weighted by molar-refractivity contribution is 8.04. The lowest BCUT2D eigenvalue weighted by molar-refractivity contribution is -0.105. The van der Waals surface area contributed by atoms with E-state index in [1.54, 1.807) is 38.1 Å². The molecular formula is C27H26FNO5S2. The largest absolute Gasteiger partial charge is 0.296 e. The molecule has 0 bridgehead atoms. The van der Waals surface area contributed by atoms with Crippen molar-refractivity contribution >= 4 is 31.9 Å². The van der Waals surface area contributed by atoms with Gasteiger partial charge in [0.15, 0.2) is 6.29 Å². The molecule has 0 aliphatic rings. The van der Waals surface area contributed by atoms with Crippen molar-refractivity contribution in [1.82, 2.24) is 3.71 Å². The minimum Gasteiger partial charge on any atom is -0.296 e. The number of hydrogen-bond acceptors (Lipinski definition) is 5. The number of benzene rings is 3. The Bertz CT molecular complexity index is 1510. The van der Waals surface area contributed by atoms with Crippen molar-refractivity contribution in [3.05, 3.63) is 113 Å². The summed E-state index contributed by atoms with van der Waals surface area (Å²) in [5.74, 6) is -0.696. The third kappa shape index (κ3) is 5.63. The van der Waals surface area contributed by atoms with Gasteiger partial charge in [-0.05, 0) is 67.8 Å². The smallest absolute Gasteiger partial charge is 0.277 e. The Hall–Kier alpha value is -3.56. The summed E-state index contributed by atoms with van der Waals surface area (Å²) in [4.78, 5) is 11.7. The van der Waals surface area contributed by atoms with E-state index in [4.69, 9.17) is 0 Å². The highest BCUT2D eigenvalue weighted by Gasteiger charge is 2.39. The number of aldehydes is 1. The van der Waals surface area contributed by atoms with Gasteiger partial charge in [-0.2, -0.15) is 3.71 Å². The van der Waals surface area contributed by atoms with Crippen molar-refractivity contribution in [3.8, 4) is 0 Å². The maximum Gasteiger partial charge on any atom is 0.277 e. The molecule has 9 heteroatoms. The molecule has 0 atom stereocenters. The van der Waals surface area contributed by atoms with Crippen LogP contribution < -0.4 is 0 Å². The predicted molar refractivity (Wildman–Crippen MR) is 137 cm³/mol. The first-order valence-corrected chi connectivity index (χ1v) is 13.9. The van der Waals surface area contributed by atoms with E-state index < -0.39 is 36.5 Å². The van der Waals surface area contributed by atoms with Gasteiger partial charge >= 0.3 is 0 Å². The number of aryl methyl sites for hydroxylation is 1. The van der Waals surface area contributed by atoms with Crippen molar-refractivity contribution in [2.75, 3.05) is 0 Å². The molecule has 0 unspecified atom stereocenters. The average Bonchev–Trinajstić information content (AvgIpc) is 2.86. The molecule has 3 rings (SSSR count). The maximum atomic E-state index is 13.8.